The fourth-order valence-corrected chi connectivity index (χ4v) is 1.59. The molecular formula is C13H19N3O5. The molecule has 0 spiro atoms. The van der Waals surface area contributed by atoms with Crippen LogP contribution >= 0.6 is 0 Å². The van der Waals surface area contributed by atoms with Crippen molar-refractivity contribution in [1.29, 1.82) is 0 Å². The summed E-state index contributed by atoms with van der Waals surface area (Å²) in [7, 11) is 1.51. The average Bonchev–Trinajstić information content (AvgIpc) is 2.69. The van der Waals surface area contributed by atoms with Crippen LogP contribution in [-0.4, -0.2) is 33.0 Å². The topological polar surface area (TPSA) is 103 Å². The second-order valence-electron chi connectivity index (χ2n) is 5.68. The molecule has 0 saturated carbocycles. The van der Waals surface area contributed by atoms with Gasteiger partial charge in [-0.15, -0.1) is 0 Å². The number of esters is 1. The highest BCUT2D eigenvalue weighted by molar-refractivity contribution is 5.96. The summed E-state index contributed by atoms with van der Waals surface area (Å²) < 4.78 is 6.47. The van der Waals surface area contributed by atoms with Gasteiger partial charge in [0.1, 0.15) is 17.3 Å². The van der Waals surface area contributed by atoms with E-state index in [1.54, 1.807) is 20.8 Å². The van der Waals surface area contributed by atoms with Gasteiger partial charge >= 0.3 is 5.97 Å². The van der Waals surface area contributed by atoms with Crippen LogP contribution in [0.5, 0.6) is 0 Å². The molecule has 1 aromatic rings. The molecule has 1 amide bonds. The molecule has 1 rings (SSSR count). The van der Waals surface area contributed by atoms with E-state index in [9.17, 15) is 19.7 Å². The smallest absolute Gasteiger partial charge is 0.328 e. The quantitative estimate of drug-likeness (QED) is 0.514. The van der Waals surface area contributed by atoms with Crippen molar-refractivity contribution >= 4 is 17.6 Å². The summed E-state index contributed by atoms with van der Waals surface area (Å²) in [4.78, 5) is 33.9. The van der Waals surface area contributed by atoms with E-state index in [4.69, 9.17) is 4.74 Å². The molecule has 0 saturated heterocycles. The van der Waals surface area contributed by atoms with Crippen molar-refractivity contribution in [3.8, 4) is 0 Å². The molecule has 0 aliphatic carbocycles. The van der Waals surface area contributed by atoms with Crippen molar-refractivity contribution in [2.45, 2.75) is 39.3 Å². The molecule has 1 N–H and O–H groups in total. The van der Waals surface area contributed by atoms with Crippen LogP contribution in [-0.2, 0) is 16.6 Å². The maximum atomic E-state index is 12.0. The van der Waals surface area contributed by atoms with Gasteiger partial charge in [-0.05, 0) is 27.7 Å². The van der Waals surface area contributed by atoms with Crippen molar-refractivity contribution in [1.82, 2.24) is 9.88 Å². The van der Waals surface area contributed by atoms with Gasteiger partial charge < -0.3 is 14.6 Å². The molecule has 21 heavy (non-hydrogen) atoms. The number of aryl methyl sites for hydroxylation is 1. The Labute approximate surface area is 122 Å². The summed E-state index contributed by atoms with van der Waals surface area (Å²) in [6.45, 7) is 6.66. The first-order valence-corrected chi connectivity index (χ1v) is 6.35. The van der Waals surface area contributed by atoms with Gasteiger partial charge in [-0.25, -0.2) is 4.79 Å². The van der Waals surface area contributed by atoms with E-state index in [0.717, 1.165) is 6.07 Å². The number of nitro groups is 1. The molecule has 0 radical (unpaired) electrons. The number of carbonyl (C=O) groups excluding carboxylic acids is 2. The first-order chi connectivity index (χ1) is 9.51. The lowest BCUT2D eigenvalue weighted by atomic mass is 10.2. The van der Waals surface area contributed by atoms with Crippen molar-refractivity contribution in [2.24, 2.45) is 7.05 Å². The van der Waals surface area contributed by atoms with E-state index in [2.05, 4.69) is 5.32 Å². The van der Waals surface area contributed by atoms with Crippen LogP contribution in [0.2, 0.25) is 0 Å². The highest BCUT2D eigenvalue weighted by Crippen LogP contribution is 2.15. The highest BCUT2D eigenvalue weighted by Gasteiger charge is 2.25. The van der Waals surface area contributed by atoms with Gasteiger partial charge in [0.2, 0.25) is 0 Å². The molecule has 8 nitrogen and oxygen atoms in total. The Kier molecular flexibility index (Phi) is 4.72. The molecule has 0 aliphatic rings. The lowest BCUT2D eigenvalue weighted by Crippen LogP contribution is -2.42. The molecule has 0 bridgehead atoms. The van der Waals surface area contributed by atoms with Gasteiger partial charge in [0.05, 0.1) is 11.1 Å². The second kappa shape index (κ2) is 5.94. The zero-order chi connectivity index (χ0) is 16.4. The Morgan fingerprint density at radius 2 is 2.00 bits per heavy atom. The Morgan fingerprint density at radius 1 is 1.43 bits per heavy atom. The molecule has 1 heterocycles. The minimum absolute atomic E-state index is 0.0945. The van der Waals surface area contributed by atoms with Gasteiger partial charge in [-0.1, -0.05) is 0 Å². The van der Waals surface area contributed by atoms with Crippen molar-refractivity contribution in [3.63, 3.8) is 0 Å². The van der Waals surface area contributed by atoms with E-state index in [-0.39, 0.29) is 11.4 Å². The third kappa shape index (κ3) is 4.59. The molecule has 0 aliphatic heterocycles. The van der Waals surface area contributed by atoms with E-state index in [1.807, 2.05) is 0 Å². The summed E-state index contributed by atoms with van der Waals surface area (Å²) in [5.41, 5.74) is -0.746. The lowest BCUT2D eigenvalue weighted by molar-refractivity contribution is -0.384. The number of carbonyl (C=O) groups is 2. The Hall–Kier alpha value is -2.38. The monoisotopic (exact) mass is 297 g/mol. The number of aromatic nitrogens is 1. The Bertz CT molecular complexity index is 571. The number of rotatable bonds is 4. The highest BCUT2D eigenvalue weighted by atomic mass is 16.6. The predicted molar refractivity (Wildman–Crippen MR) is 74.8 cm³/mol. The molecule has 0 unspecified atom stereocenters. The van der Waals surface area contributed by atoms with Crippen molar-refractivity contribution < 1.29 is 19.2 Å². The maximum absolute atomic E-state index is 12.0. The van der Waals surface area contributed by atoms with Gasteiger partial charge in [0.25, 0.3) is 11.6 Å². The number of nitrogens with one attached hydrogen (secondary N) is 1. The number of amides is 1. The number of hydrogen-bond acceptors (Lipinski definition) is 5. The molecule has 1 aromatic heterocycles. The van der Waals surface area contributed by atoms with Crippen LogP contribution < -0.4 is 5.32 Å². The van der Waals surface area contributed by atoms with Crippen molar-refractivity contribution in [3.05, 3.63) is 28.1 Å². The third-order valence-electron chi connectivity index (χ3n) is 2.54. The summed E-state index contributed by atoms with van der Waals surface area (Å²) in [6.07, 6.45) is 1.23. The fourth-order valence-electron chi connectivity index (χ4n) is 1.59. The van der Waals surface area contributed by atoms with E-state index >= 15 is 0 Å². The Morgan fingerprint density at radius 3 is 2.43 bits per heavy atom. The van der Waals surface area contributed by atoms with Crippen LogP contribution in [0.25, 0.3) is 0 Å². The van der Waals surface area contributed by atoms with E-state index in [0.29, 0.717) is 0 Å². The van der Waals surface area contributed by atoms with Crippen LogP contribution in [0.15, 0.2) is 12.3 Å². The van der Waals surface area contributed by atoms with E-state index < -0.39 is 28.4 Å². The van der Waals surface area contributed by atoms with Crippen LogP contribution in [0, 0.1) is 10.1 Å². The standard InChI is InChI=1S/C13H19N3O5/c1-8(12(18)21-13(2,3)4)14-11(17)10-6-9(16(19)20)7-15(10)5/h6-8H,1-5H3,(H,14,17)/t8-/m1/s1. The minimum atomic E-state index is -0.856. The zero-order valence-electron chi connectivity index (χ0n) is 12.7. The molecule has 8 heteroatoms. The van der Waals surface area contributed by atoms with Crippen molar-refractivity contribution in [2.75, 3.05) is 0 Å². The first-order valence-electron chi connectivity index (χ1n) is 6.35. The maximum Gasteiger partial charge on any atom is 0.328 e. The molecular weight excluding hydrogens is 278 g/mol. The zero-order valence-corrected chi connectivity index (χ0v) is 12.7. The first kappa shape index (κ1) is 16.7. The molecule has 1 atom stereocenters. The Balaban J connectivity index is 2.77. The molecule has 0 aromatic carbocycles. The third-order valence-corrected chi connectivity index (χ3v) is 2.54. The molecule has 116 valence electrons. The number of hydrogen-bond donors (Lipinski definition) is 1. The molecule has 0 fully saturated rings. The number of ether oxygens (including phenoxy) is 1. The second-order valence-corrected chi connectivity index (χ2v) is 5.68. The summed E-state index contributed by atoms with van der Waals surface area (Å²) in [6, 6.07) is 0.294. The largest absolute Gasteiger partial charge is 0.458 e. The number of nitrogens with zero attached hydrogens (tertiary/aromatic N) is 2. The van der Waals surface area contributed by atoms with Gasteiger partial charge in [-0.2, -0.15) is 0 Å². The summed E-state index contributed by atoms with van der Waals surface area (Å²) in [5.74, 6) is -1.15. The van der Waals surface area contributed by atoms with Gasteiger partial charge in [0, 0.05) is 13.1 Å². The normalized spacial score (nSPS) is 12.6. The van der Waals surface area contributed by atoms with Crippen LogP contribution in [0.3, 0.4) is 0 Å². The SMILES string of the molecule is C[C@@H](NC(=O)c1cc([N+](=O)[O-])cn1C)C(=O)OC(C)(C)C. The lowest BCUT2D eigenvalue weighted by Gasteiger charge is -2.22. The summed E-state index contributed by atoms with van der Waals surface area (Å²) >= 11 is 0. The van der Waals surface area contributed by atoms with E-state index in [1.165, 1.54) is 24.7 Å². The predicted octanol–water partition coefficient (Wildman–Crippen LogP) is 1.39. The van der Waals surface area contributed by atoms with Crippen LogP contribution in [0.4, 0.5) is 5.69 Å². The summed E-state index contributed by atoms with van der Waals surface area (Å²) in [5, 5.41) is 13.1. The average molecular weight is 297 g/mol. The minimum Gasteiger partial charge on any atom is -0.458 e. The van der Waals surface area contributed by atoms with Crippen LogP contribution in [0.1, 0.15) is 38.2 Å². The van der Waals surface area contributed by atoms with Gasteiger partial charge in [-0.3, -0.25) is 14.9 Å². The fraction of sp³-hybridized carbons (Fsp3) is 0.538. The van der Waals surface area contributed by atoms with Gasteiger partial charge in [0.15, 0.2) is 0 Å².